The van der Waals surface area contributed by atoms with E-state index in [0.29, 0.717) is 18.2 Å². The zero-order valence-electron chi connectivity index (χ0n) is 11.1. The van der Waals surface area contributed by atoms with Gasteiger partial charge in [0.25, 0.3) is 0 Å². The Morgan fingerprint density at radius 1 is 1.35 bits per heavy atom. The van der Waals surface area contributed by atoms with Crippen LogP contribution < -0.4 is 15.8 Å². The number of aromatic nitrogens is 2. The molecular formula is C14H15BrN4O. The molecule has 20 heavy (non-hydrogen) atoms. The molecule has 0 atom stereocenters. The molecule has 0 radical (unpaired) electrons. The fourth-order valence-corrected chi connectivity index (χ4v) is 2.90. The lowest BCUT2D eigenvalue weighted by atomic mass is 10.1. The third-order valence-corrected chi connectivity index (χ3v) is 3.60. The molecule has 0 fully saturated rings. The van der Waals surface area contributed by atoms with Gasteiger partial charge in [-0.3, -0.25) is 0 Å². The SMILES string of the molecule is Cc1nc(N)cc(NCc2cc(Br)cc3c2OCC3)n1. The van der Waals surface area contributed by atoms with E-state index in [1.807, 2.05) is 6.92 Å². The highest BCUT2D eigenvalue weighted by Gasteiger charge is 2.17. The Kier molecular flexibility index (Phi) is 3.48. The Bertz CT molecular complexity index is 640. The highest BCUT2D eigenvalue weighted by atomic mass is 79.9. The number of fused-ring (bicyclic) bond motifs is 1. The van der Waals surface area contributed by atoms with Crippen LogP contribution in [-0.4, -0.2) is 16.6 Å². The largest absolute Gasteiger partial charge is 0.493 e. The van der Waals surface area contributed by atoms with Gasteiger partial charge in [-0.1, -0.05) is 15.9 Å². The summed E-state index contributed by atoms with van der Waals surface area (Å²) in [5.41, 5.74) is 8.08. The van der Waals surface area contributed by atoms with Crippen LogP contribution in [0.2, 0.25) is 0 Å². The molecule has 0 amide bonds. The van der Waals surface area contributed by atoms with Gasteiger partial charge in [0, 0.05) is 29.1 Å². The minimum absolute atomic E-state index is 0.468. The van der Waals surface area contributed by atoms with Crippen LogP contribution in [0.15, 0.2) is 22.7 Å². The van der Waals surface area contributed by atoms with Crippen molar-refractivity contribution in [2.75, 3.05) is 17.7 Å². The van der Waals surface area contributed by atoms with Gasteiger partial charge in [-0.25, -0.2) is 9.97 Å². The van der Waals surface area contributed by atoms with Crippen LogP contribution >= 0.6 is 15.9 Å². The van der Waals surface area contributed by atoms with E-state index >= 15 is 0 Å². The lowest BCUT2D eigenvalue weighted by Gasteiger charge is -2.11. The number of nitrogens with zero attached hydrogens (tertiary/aromatic N) is 2. The number of nitrogens with one attached hydrogen (secondary N) is 1. The molecule has 5 nitrogen and oxygen atoms in total. The van der Waals surface area contributed by atoms with E-state index in [0.717, 1.165) is 34.6 Å². The van der Waals surface area contributed by atoms with E-state index < -0.39 is 0 Å². The van der Waals surface area contributed by atoms with Gasteiger partial charge in [0.2, 0.25) is 0 Å². The predicted octanol–water partition coefficient (Wildman–Crippen LogP) is 2.68. The second-order valence-electron chi connectivity index (χ2n) is 4.73. The number of rotatable bonds is 3. The standard InChI is InChI=1S/C14H15BrN4O/c1-8-18-12(16)6-13(19-8)17-7-10-5-11(15)4-9-2-3-20-14(9)10/h4-6H,2-3,7H2,1H3,(H3,16,17,18,19). The van der Waals surface area contributed by atoms with Gasteiger partial charge in [-0.15, -0.1) is 0 Å². The van der Waals surface area contributed by atoms with E-state index in [2.05, 4.69) is 43.3 Å². The van der Waals surface area contributed by atoms with Crippen molar-refractivity contribution < 1.29 is 4.74 Å². The number of benzene rings is 1. The molecule has 0 unspecified atom stereocenters. The predicted molar refractivity (Wildman–Crippen MR) is 81.8 cm³/mol. The average Bonchev–Trinajstić information content (AvgIpc) is 2.82. The molecule has 2 aromatic rings. The zero-order valence-corrected chi connectivity index (χ0v) is 12.7. The molecule has 0 spiro atoms. The Hall–Kier alpha value is -1.82. The minimum atomic E-state index is 0.468. The molecule has 6 heteroatoms. The van der Waals surface area contributed by atoms with Crippen molar-refractivity contribution in [1.29, 1.82) is 0 Å². The smallest absolute Gasteiger partial charge is 0.132 e. The first kappa shape index (κ1) is 13.2. The van der Waals surface area contributed by atoms with E-state index in [1.54, 1.807) is 6.07 Å². The topological polar surface area (TPSA) is 73.1 Å². The van der Waals surface area contributed by atoms with Gasteiger partial charge in [-0.05, 0) is 24.6 Å². The second-order valence-corrected chi connectivity index (χ2v) is 5.65. The Labute approximate surface area is 125 Å². The van der Waals surface area contributed by atoms with Gasteiger partial charge in [0.15, 0.2) is 0 Å². The summed E-state index contributed by atoms with van der Waals surface area (Å²) in [4.78, 5) is 8.37. The third kappa shape index (κ3) is 2.70. The fourth-order valence-electron chi connectivity index (χ4n) is 2.34. The molecule has 0 saturated heterocycles. The first-order valence-electron chi connectivity index (χ1n) is 6.41. The molecular weight excluding hydrogens is 320 g/mol. The van der Waals surface area contributed by atoms with Crippen molar-refractivity contribution in [3.05, 3.63) is 39.6 Å². The highest BCUT2D eigenvalue weighted by Crippen LogP contribution is 2.33. The number of hydrogen-bond donors (Lipinski definition) is 2. The van der Waals surface area contributed by atoms with Crippen molar-refractivity contribution in [3.63, 3.8) is 0 Å². The summed E-state index contributed by atoms with van der Waals surface area (Å²) in [7, 11) is 0. The first-order valence-corrected chi connectivity index (χ1v) is 7.20. The molecule has 0 saturated carbocycles. The lowest BCUT2D eigenvalue weighted by Crippen LogP contribution is -2.06. The number of nitrogen functional groups attached to an aromatic ring is 1. The summed E-state index contributed by atoms with van der Waals surface area (Å²) in [5, 5.41) is 3.27. The molecule has 1 aromatic heterocycles. The van der Waals surface area contributed by atoms with Gasteiger partial charge in [0.05, 0.1) is 6.61 Å². The summed E-state index contributed by atoms with van der Waals surface area (Å²) >= 11 is 3.54. The van der Waals surface area contributed by atoms with Crippen LogP contribution in [0.1, 0.15) is 17.0 Å². The number of hydrogen-bond acceptors (Lipinski definition) is 5. The number of nitrogens with two attached hydrogens (primary N) is 1. The Morgan fingerprint density at radius 2 is 2.20 bits per heavy atom. The maximum absolute atomic E-state index is 5.72. The molecule has 2 heterocycles. The van der Waals surface area contributed by atoms with E-state index in [9.17, 15) is 0 Å². The van der Waals surface area contributed by atoms with Gasteiger partial charge in [-0.2, -0.15) is 0 Å². The third-order valence-electron chi connectivity index (χ3n) is 3.14. The van der Waals surface area contributed by atoms with Crippen molar-refractivity contribution in [1.82, 2.24) is 9.97 Å². The highest BCUT2D eigenvalue weighted by molar-refractivity contribution is 9.10. The number of ether oxygens (including phenoxy) is 1. The maximum Gasteiger partial charge on any atom is 0.132 e. The van der Waals surface area contributed by atoms with Crippen molar-refractivity contribution in [3.8, 4) is 5.75 Å². The molecule has 1 aliphatic rings. The summed E-state index contributed by atoms with van der Waals surface area (Å²) in [6, 6.07) is 5.90. The quantitative estimate of drug-likeness (QED) is 0.902. The van der Waals surface area contributed by atoms with Gasteiger partial charge in [0.1, 0.15) is 23.2 Å². The van der Waals surface area contributed by atoms with Crippen molar-refractivity contribution in [2.45, 2.75) is 19.9 Å². The van der Waals surface area contributed by atoms with E-state index in [1.165, 1.54) is 5.56 Å². The average molecular weight is 335 g/mol. The van der Waals surface area contributed by atoms with Crippen LogP contribution in [0, 0.1) is 6.92 Å². The minimum Gasteiger partial charge on any atom is -0.493 e. The monoisotopic (exact) mass is 334 g/mol. The van der Waals surface area contributed by atoms with Crippen LogP contribution in [0.25, 0.3) is 0 Å². The lowest BCUT2D eigenvalue weighted by molar-refractivity contribution is 0.354. The Balaban J connectivity index is 1.82. The van der Waals surface area contributed by atoms with E-state index in [4.69, 9.17) is 10.5 Å². The molecule has 104 valence electrons. The Morgan fingerprint density at radius 3 is 3.00 bits per heavy atom. The van der Waals surface area contributed by atoms with Crippen LogP contribution in [0.3, 0.4) is 0 Å². The van der Waals surface area contributed by atoms with Crippen LogP contribution in [0.4, 0.5) is 11.6 Å². The number of anilines is 2. The van der Waals surface area contributed by atoms with Crippen LogP contribution in [-0.2, 0) is 13.0 Å². The summed E-state index contributed by atoms with van der Waals surface area (Å²) in [6.07, 6.45) is 0.960. The van der Waals surface area contributed by atoms with Crippen molar-refractivity contribution in [2.24, 2.45) is 0 Å². The molecule has 3 rings (SSSR count). The zero-order chi connectivity index (χ0) is 14.1. The summed E-state index contributed by atoms with van der Waals surface area (Å²) in [5.74, 6) is 2.83. The van der Waals surface area contributed by atoms with Gasteiger partial charge >= 0.3 is 0 Å². The molecule has 0 aliphatic carbocycles. The van der Waals surface area contributed by atoms with E-state index in [-0.39, 0.29) is 0 Å². The molecule has 3 N–H and O–H groups in total. The van der Waals surface area contributed by atoms with Crippen LogP contribution in [0.5, 0.6) is 5.75 Å². The summed E-state index contributed by atoms with van der Waals surface area (Å²) < 4.78 is 6.77. The van der Waals surface area contributed by atoms with Crippen molar-refractivity contribution >= 4 is 27.6 Å². The number of halogens is 1. The molecule has 1 aromatic carbocycles. The number of aryl methyl sites for hydroxylation is 1. The normalized spacial score (nSPS) is 12.9. The summed E-state index contributed by atoms with van der Waals surface area (Å²) in [6.45, 7) is 3.21. The fraction of sp³-hybridized carbons (Fsp3) is 0.286. The van der Waals surface area contributed by atoms with Gasteiger partial charge < -0.3 is 15.8 Å². The maximum atomic E-state index is 5.72. The second kappa shape index (κ2) is 5.28. The first-order chi connectivity index (χ1) is 9.61. The molecule has 1 aliphatic heterocycles. The molecule has 0 bridgehead atoms.